The van der Waals surface area contributed by atoms with E-state index in [-0.39, 0.29) is 0 Å². The Morgan fingerprint density at radius 2 is 2.05 bits per heavy atom. The molecule has 0 radical (unpaired) electrons. The molecule has 2 heterocycles. The molecule has 0 spiro atoms. The first kappa shape index (κ1) is 15.2. The number of hydrogen-bond donors (Lipinski definition) is 2. The normalized spacial score (nSPS) is 15.5. The predicted octanol–water partition coefficient (Wildman–Crippen LogP) is 3.54. The van der Waals surface area contributed by atoms with Crippen LogP contribution in [0.4, 0.5) is 13.2 Å². The molecule has 2 N–H and O–H groups in total. The van der Waals surface area contributed by atoms with Crippen LogP contribution >= 0.6 is 11.8 Å². The number of fused-ring (bicyclic) bond motifs is 1. The highest BCUT2D eigenvalue weighted by molar-refractivity contribution is 7.99. The van der Waals surface area contributed by atoms with Gasteiger partial charge in [0.2, 0.25) is 0 Å². The number of alkyl halides is 3. The number of H-pyrrole nitrogens is 1. The van der Waals surface area contributed by atoms with E-state index in [2.05, 4.69) is 9.97 Å². The zero-order chi connectivity index (χ0) is 15.0. The molecule has 1 atom stereocenters. The predicted molar refractivity (Wildman–Crippen MR) is 73.7 cm³/mol. The summed E-state index contributed by atoms with van der Waals surface area (Å²) in [6.45, 7) is 3.62. The fourth-order valence-electron chi connectivity index (χ4n) is 1.86. The third-order valence-corrected chi connectivity index (χ3v) is 4.14. The molecule has 0 fully saturated rings. The lowest BCUT2D eigenvalue weighted by molar-refractivity contribution is -0.141. The maximum Gasteiger partial charge on any atom is 0.433 e. The Labute approximate surface area is 118 Å². The van der Waals surface area contributed by atoms with Gasteiger partial charge in [-0.2, -0.15) is 24.9 Å². The molecule has 1 unspecified atom stereocenters. The smallest absolute Gasteiger partial charge is 0.383 e. The zero-order valence-electron chi connectivity index (χ0n) is 11.1. The fourth-order valence-corrected chi connectivity index (χ4v) is 2.61. The van der Waals surface area contributed by atoms with Crippen LogP contribution in [0.3, 0.4) is 0 Å². The maximum absolute atomic E-state index is 12.6. The third-order valence-electron chi connectivity index (χ3n) is 2.96. The first-order valence-electron chi connectivity index (χ1n) is 6.10. The van der Waals surface area contributed by atoms with Gasteiger partial charge < -0.3 is 10.1 Å². The van der Waals surface area contributed by atoms with E-state index in [4.69, 9.17) is 0 Å². The van der Waals surface area contributed by atoms with Crippen molar-refractivity contribution < 1.29 is 18.3 Å². The van der Waals surface area contributed by atoms with E-state index in [9.17, 15) is 18.3 Å². The second-order valence-electron chi connectivity index (χ2n) is 4.75. The Balaban J connectivity index is 2.39. The minimum Gasteiger partial charge on any atom is -0.383 e. The number of pyridine rings is 1. The zero-order valence-corrected chi connectivity index (χ0v) is 11.9. The van der Waals surface area contributed by atoms with Gasteiger partial charge in [0.1, 0.15) is 11.3 Å². The summed E-state index contributed by atoms with van der Waals surface area (Å²) in [5.41, 5.74) is -1.07. The van der Waals surface area contributed by atoms with Gasteiger partial charge in [0, 0.05) is 16.8 Å². The van der Waals surface area contributed by atoms with Gasteiger partial charge in [0.15, 0.2) is 0 Å². The Bertz CT molecular complexity index is 607. The minimum atomic E-state index is -4.47. The molecule has 0 aromatic carbocycles. The summed E-state index contributed by atoms with van der Waals surface area (Å²) in [5.74, 6) is 1.33. The SMILES string of the molecule is CCSCC(C)(O)c1cc2cc(C(F)(F)F)ncc2[nH]1. The van der Waals surface area contributed by atoms with E-state index < -0.39 is 17.5 Å². The Hall–Kier alpha value is -1.21. The molecule has 0 aliphatic heterocycles. The number of aliphatic hydroxyl groups is 1. The van der Waals surface area contributed by atoms with Crippen LogP contribution < -0.4 is 0 Å². The van der Waals surface area contributed by atoms with E-state index in [1.165, 1.54) is 0 Å². The summed E-state index contributed by atoms with van der Waals surface area (Å²) >= 11 is 1.56. The van der Waals surface area contributed by atoms with Crippen LogP contribution in [-0.2, 0) is 11.8 Å². The highest BCUT2D eigenvalue weighted by Crippen LogP contribution is 2.32. The number of aromatic nitrogens is 2. The van der Waals surface area contributed by atoms with Crippen LogP contribution in [0, 0.1) is 0 Å². The van der Waals surface area contributed by atoms with Crippen molar-refractivity contribution in [2.24, 2.45) is 0 Å². The number of rotatable bonds is 4. The monoisotopic (exact) mass is 304 g/mol. The van der Waals surface area contributed by atoms with E-state index in [0.717, 1.165) is 18.0 Å². The molecule has 2 rings (SSSR count). The minimum absolute atomic E-state index is 0.393. The molecular weight excluding hydrogens is 289 g/mol. The van der Waals surface area contributed by atoms with E-state index in [1.54, 1.807) is 24.8 Å². The van der Waals surface area contributed by atoms with Gasteiger partial charge in [-0.3, -0.25) is 0 Å². The Morgan fingerprint density at radius 1 is 1.35 bits per heavy atom. The first-order valence-corrected chi connectivity index (χ1v) is 7.26. The second-order valence-corrected chi connectivity index (χ2v) is 6.02. The van der Waals surface area contributed by atoms with Crippen LogP contribution in [0.1, 0.15) is 25.2 Å². The molecule has 2 aromatic rings. The molecule has 0 amide bonds. The highest BCUT2D eigenvalue weighted by atomic mass is 32.2. The Kier molecular flexibility index (Phi) is 4.02. The number of hydrogen-bond acceptors (Lipinski definition) is 3. The molecule has 7 heteroatoms. The number of aromatic amines is 1. The largest absolute Gasteiger partial charge is 0.433 e. The average Bonchev–Trinajstić information content (AvgIpc) is 2.79. The van der Waals surface area contributed by atoms with Crippen LogP contribution in [0.5, 0.6) is 0 Å². The quantitative estimate of drug-likeness (QED) is 0.908. The molecular formula is C13H15F3N2OS. The van der Waals surface area contributed by atoms with Crippen LogP contribution in [0.25, 0.3) is 10.9 Å². The van der Waals surface area contributed by atoms with Gasteiger partial charge in [0.25, 0.3) is 0 Å². The molecule has 0 aliphatic rings. The lowest BCUT2D eigenvalue weighted by Gasteiger charge is -2.21. The van der Waals surface area contributed by atoms with E-state index >= 15 is 0 Å². The summed E-state index contributed by atoms with van der Waals surface area (Å²) in [4.78, 5) is 6.32. The molecule has 0 bridgehead atoms. The maximum atomic E-state index is 12.6. The van der Waals surface area contributed by atoms with Crippen LogP contribution in [0.15, 0.2) is 18.3 Å². The van der Waals surface area contributed by atoms with Crippen LogP contribution in [0.2, 0.25) is 0 Å². The Morgan fingerprint density at radius 3 is 2.65 bits per heavy atom. The standard InChI is InChI=1S/C13H15F3N2OS/c1-3-20-7-12(2,19)10-4-8-5-11(13(14,15)16)17-6-9(8)18-10/h4-6,18-19H,3,7H2,1-2H3. The lowest BCUT2D eigenvalue weighted by atomic mass is 10.1. The van der Waals surface area contributed by atoms with Crippen LogP contribution in [-0.4, -0.2) is 26.6 Å². The summed E-state index contributed by atoms with van der Waals surface area (Å²) in [5, 5.41) is 10.7. The van der Waals surface area contributed by atoms with Crippen molar-refractivity contribution in [3.05, 3.63) is 29.7 Å². The van der Waals surface area contributed by atoms with Gasteiger partial charge >= 0.3 is 6.18 Å². The van der Waals surface area contributed by atoms with Gasteiger partial charge in [-0.15, -0.1) is 0 Å². The molecule has 20 heavy (non-hydrogen) atoms. The summed E-state index contributed by atoms with van der Waals surface area (Å²) < 4.78 is 37.8. The molecule has 0 saturated heterocycles. The number of nitrogens with one attached hydrogen (secondary N) is 1. The summed E-state index contributed by atoms with van der Waals surface area (Å²) in [6.07, 6.45) is -3.32. The van der Waals surface area contributed by atoms with E-state index in [0.29, 0.717) is 22.3 Å². The van der Waals surface area contributed by atoms with Gasteiger partial charge in [0.05, 0.1) is 11.7 Å². The number of thioether (sulfide) groups is 1. The fraction of sp³-hybridized carbons (Fsp3) is 0.462. The molecule has 3 nitrogen and oxygen atoms in total. The molecule has 2 aromatic heterocycles. The topological polar surface area (TPSA) is 48.9 Å². The van der Waals surface area contributed by atoms with Gasteiger partial charge in [-0.1, -0.05) is 6.92 Å². The third kappa shape index (κ3) is 3.09. The molecule has 0 saturated carbocycles. The van der Waals surface area contributed by atoms with Crippen molar-refractivity contribution in [3.8, 4) is 0 Å². The summed E-state index contributed by atoms with van der Waals surface area (Å²) in [7, 11) is 0. The van der Waals surface area contributed by atoms with Crippen molar-refractivity contribution in [2.75, 3.05) is 11.5 Å². The van der Waals surface area contributed by atoms with Gasteiger partial charge in [-0.05, 0) is 24.8 Å². The van der Waals surface area contributed by atoms with Crippen molar-refractivity contribution >= 4 is 22.7 Å². The van der Waals surface area contributed by atoms with Crippen molar-refractivity contribution in [3.63, 3.8) is 0 Å². The average molecular weight is 304 g/mol. The lowest BCUT2D eigenvalue weighted by Crippen LogP contribution is -2.24. The first-order chi connectivity index (χ1) is 9.24. The van der Waals surface area contributed by atoms with Crippen molar-refractivity contribution in [2.45, 2.75) is 25.6 Å². The summed E-state index contributed by atoms with van der Waals surface area (Å²) in [6, 6.07) is 2.53. The van der Waals surface area contributed by atoms with Crippen molar-refractivity contribution in [1.29, 1.82) is 0 Å². The number of nitrogens with zero attached hydrogens (tertiary/aromatic N) is 1. The van der Waals surface area contributed by atoms with Gasteiger partial charge in [-0.25, -0.2) is 4.98 Å². The van der Waals surface area contributed by atoms with Crippen molar-refractivity contribution in [1.82, 2.24) is 9.97 Å². The number of halogens is 3. The molecule has 110 valence electrons. The highest BCUT2D eigenvalue weighted by Gasteiger charge is 2.33. The molecule has 0 aliphatic carbocycles. The second kappa shape index (κ2) is 5.29. The van der Waals surface area contributed by atoms with E-state index in [1.807, 2.05) is 6.92 Å².